The number of carbonyl (C=O) groups is 2. The predicted molar refractivity (Wildman–Crippen MR) is 99.8 cm³/mol. The molecule has 1 atom stereocenters. The van der Waals surface area contributed by atoms with E-state index < -0.39 is 32.7 Å². The van der Waals surface area contributed by atoms with E-state index in [9.17, 15) is 23.1 Å². The number of phenols is 1. The number of aryl methyl sites for hydroxylation is 1. The van der Waals surface area contributed by atoms with Crippen molar-refractivity contribution in [3.8, 4) is 5.75 Å². The van der Waals surface area contributed by atoms with Gasteiger partial charge in [0.15, 0.2) is 9.84 Å². The van der Waals surface area contributed by atoms with E-state index in [-0.39, 0.29) is 5.75 Å². The molecular weight excluding hydrogens is 356 g/mol. The Morgan fingerprint density at radius 3 is 2.04 bits per heavy atom. The van der Waals surface area contributed by atoms with Crippen molar-refractivity contribution in [2.24, 2.45) is 0 Å². The van der Waals surface area contributed by atoms with Crippen molar-refractivity contribution in [3.05, 3.63) is 54.1 Å². The van der Waals surface area contributed by atoms with Gasteiger partial charge in [-0.25, -0.2) is 8.42 Å². The average Bonchev–Trinajstić information content (AvgIpc) is 2.57. The van der Waals surface area contributed by atoms with E-state index in [1.54, 1.807) is 24.3 Å². The monoisotopic (exact) mass is 376 g/mol. The van der Waals surface area contributed by atoms with E-state index in [0.29, 0.717) is 11.4 Å². The molecule has 0 spiro atoms. The average molecular weight is 376 g/mol. The molecule has 138 valence electrons. The topological polar surface area (TPSA) is 113 Å². The zero-order chi connectivity index (χ0) is 19.3. The Labute approximate surface area is 152 Å². The van der Waals surface area contributed by atoms with Crippen molar-refractivity contribution >= 4 is 33.0 Å². The minimum Gasteiger partial charge on any atom is -0.508 e. The van der Waals surface area contributed by atoms with Crippen LogP contribution in [0.1, 0.15) is 12.5 Å². The van der Waals surface area contributed by atoms with Crippen molar-refractivity contribution in [1.82, 2.24) is 0 Å². The number of aromatic hydroxyl groups is 1. The molecular formula is C18H20N2O5S. The van der Waals surface area contributed by atoms with Crippen LogP contribution >= 0.6 is 0 Å². The first-order valence-electron chi connectivity index (χ1n) is 7.85. The molecule has 0 aliphatic carbocycles. The first-order chi connectivity index (χ1) is 12.2. The van der Waals surface area contributed by atoms with Gasteiger partial charge < -0.3 is 15.7 Å². The largest absolute Gasteiger partial charge is 0.508 e. The number of benzene rings is 2. The van der Waals surface area contributed by atoms with Gasteiger partial charge in [-0.05, 0) is 50.2 Å². The van der Waals surface area contributed by atoms with Crippen LogP contribution in [0, 0.1) is 6.92 Å². The van der Waals surface area contributed by atoms with Gasteiger partial charge in [0.1, 0.15) is 16.8 Å². The van der Waals surface area contributed by atoms with Gasteiger partial charge in [0.05, 0.1) is 0 Å². The fourth-order valence-corrected chi connectivity index (χ4v) is 3.17. The van der Waals surface area contributed by atoms with Gasteiger partial charge in [-0.3, -0.25) is 9.59 Å². The third kappa shape index (κ3) is 5.32. The van der Waals surface area contributed by atoms with Crippen LogP contribution in [0.3, 0.4) is 0 Å². The van der Waals surface area contributed by atoms with Crippen LogP contribution in [0.4, 0.5) is 11.4 Å². The maximum Gasteiger partial charge on any atom is 0.242 e. The van der Waals surface area contributed by atoms with Gasteiger partial charge in [-0.1, -0.05) is 17.7 Å². The highest BCUT2D eigenvalue weighted by Gasteiger charge is 2.30. The zero-order valence-corrected chi connectivity index (χ0v) is 15.2. The lowest BCUT2D eigenvalue weighted by Crippen LogP contribution is -2.37. The van der Waals surface area contributed by atoms with Crippen LogP contribution in [-0.4, -0.2) is 36.3 Å². The van der Waals surface area contributed by atoms with Crippen LogP contribution < -0.4 is 10.6 Å². The third-order valence-electron chi connectivity index (χ3n) is 3.71. The highest BCUT2D eigenvalue weighted by molar-refractivity contribution is 7.93. The van der Waals surface area contributed by atoms with E-state index in [2.05, 4.69) is 10.6 Å². The maximum absolute atomic E-state index is 12.3. The number of sulfone groups is 1. The fraction of sp³-hybridized carbons (Fsp3) is 0.222. The Balaban J connectivity index is 1.98. The van der Waals surface area contributed by atoms with Crippen LogP contribution in [0.25, 0.3) is 0 Å². The van der Waals surface area contributed by atoms with Crippen LogP contribution in [0.15, 0.2) is 48.5 Å². The fourth-order valence-electron chi connectivity index (χ4n) is 2.09. The second kappa shape index (κ2) is 8.01. The lowest BCUT2D eigenvalue weighted by Gasteiger charge is -2.13. The molecule has 7 nitrogen and oxygen atoms in total. The molecule has 0 aliphatic rings. The molecule has 2 aromatic carbocycles. The van der Waals surface area contributed by atoms with E-state index in [0.717, 1.165) is 5.56 Å². The summed E-state index contributed by atoms with van der Waals surface area (Å²) in [7, 11) is -3.99. The lowest BCUT2D eigenvalue weighted by molar-refractivity contribution is -0.115. The third-order valence-corrected chi connectivity index (χ3v) is 5.67. The van der Waals surface area contributed by atoms with Crippen molar-refractivity contribution in [1.29, 1.82) is 0 Å². The second-order valence-corrected chi connectivity index (χ2v) is 8.22. The van der Waals surface area contributed by atoms with Gasteiger partial charge in [0, 0.05) is 11.4 Å². The lowest BCUT2D eigenvalue weighted by atomic mass is 10.2. The molecule has 0 aliphatic heterocycles. The summed E-state index contributed by atoms with van der Waals surface area (Å²) in [5, 5.41) is 12.7. The van der Waals surface area contributed by atoms with Gasteiger partial charge in [-0.15, -0.1) is 0 Å². The molecule has 2 rings (SSSR count). The SMILES string of the molecule is Cc1ccc(NC(=O)CS(=O)(=O)C(C)C(=O)Nc2ccc(O)cc2)cc1. The summed E-state index contributed by atoms with van der Waals surface area (Å²) in [5.41, 5.74) is 1.84. The highest BCUT2D eigenvalue weighted by atomic mass is 32.2. The normalized spacial score (nSPS) is 12.2. The molecule has 2 amide bonds. The van der Waals surface area contributed by atoms with E-state index >= 15 is 0 Å². The second-order valence-electron chi connectivity index (χ2n) is 5.90. The molecule has 0 saturated carbocycles. The summed E-state index contributed by atoms with van der Waals surface area (Å²) < 4.78 is 24.6. The first kappa shape index (κ1) is 19.5. The number of amides is 2. The van der Waals surface area contributed by atoms with Crippen LogP contribution in [-0.2, 0) is 19.4 Å². The first-order valence-corrected chi connectivity index (χ1v) is 9.57. The molecule has 0 fully saturated rings. The van der Waals surface area contributed by atoms with Crippen LogP contribution in [0.2, 0.25) is 0 Å². The molecule has 26 heavy (non-hydrogen) atoms. The predicted octanol–water partition coefficient (Wildman–Crippen LogP) is 2.08. The summed E-state index contributed by atoms with van der Waals surface area (Å²) in [6.07, 6.45) is 0. The number of anilines is 2. The smallest absolute Gasteiger partial charge is 0.242 e. The maximum atomic E-state index is 12.3. The molecule has 1 unspecified atom stereocenters. The van der Waals surface area contributed by atoms with E-state index in [1.807, 2.05) is 6.92 Å². The quantitative estimate of drug-likeness (QED) is 0.668. The van der Waals surface area contributed by atoms with E-state index in [1.165, 1.54) is 31.2 Å². The molecule has 0 heterocycles. The van der Waals surface area contributed by atoms with Gasteiger partial charge in [-0.2, -0.15) is 0 Å². The molecule has 2 aromatic rings. The highest BCUT2D eigenvalue weighted by Crippen LogP contribution is 2.15. The Kier molecular flexibility index (Phi) is 5.99. The zero-order valence-electron chi connectivity index (χ0n) is 14.4. The summed E-state index contributed by atoms with van der Waals surface area (Å²) in [4.78, 5) is 24.1. The minimum atomic E-state index is -3.99. The Hall–Kier alpha value is -2.87. The van der Waals surface area contributed by atoms with Gasteiger partial charge in [0.25, 0.3) is 0 Å². The molecule has 8 heteroatoms. The van der Waals surface area contributed by atoms with Gasteiger partial charge in [0.2, 0.25) is 11.8 Å². The number of hydrogen-bond donors (Lipinski definition) is 3. The van der Waals surface area contributed by atoms with Crippen molar-refractivity contribution < 1.29 is 23.1 Å². The Morgan fingerprint density at radius 1 is 0.962 bits per heavy atom. The number of phenolic OH excluding ortho intramolecular Hbond substituents is 1. The molecule has 0 radical (unpaired) electrons. The van der Waals surface area contributed by atoms with Gasteiger partial charge >= 0.3 is 0 Å². The standard InChI is InChI=1S/C18H20N2O5S/c1-12-3-5-14(6-4-12)19-17(22)11-26(24,25)13(2)18(23)20-15-7-9-16(21)10-8-15/h3-10,13,21H,11H2,1-2H3,(H,19,22)(H,20,23). The molecule has 3 N–H and O–H groups in total. The van der Waals surface area contributed by atoms with Crippen molar-refractivity contribution in [2.75, 3.05) is 16.4 Å². The van der Waals surface area contributed by atoms with E-state index in [4.69, 9.17) is 0 Å². The number of hydrogen-bond acceptors (Lipinski definition) is 5. The number of nitrogens with one attached hydrogen (secondary N) is 2. The molecule has 0 bridgehead atoms. The summed E-state index contributed by atoms with van der Waals surface area (Å²) in [6, 6.07) is 12.5. The van der Waals surface area contributed by atoms with Crippen LogP contribution in [0.5, 0.6) is 5.75 Å². The summed E-state index contributed by atoms with van der Waals surface area (Å²) >= 11 is 0. The van der Waals surface area contributed by atoms with Crippen molar-refractivity contribution in [2.45, 2.75) is 19.1 Å². The summed E-state index contributed by atoms with van der Waals surface area (Å²) in [5.74, 6) is -2.24. The number of rotatable bonds is 6. The number of carbonyl (C=O) groups excluding carboxylic acids is 2. The molecule has 0 aromatic heterocycles. The minimum absolute atomic E-state index is 0.0245. The summed E-state index contributed by atoms with van der Waals surface area (Å²) in [6.45, 7) is 3.12. The van der Waals surface area contributed by atoms with Crippen molar-refractivity contribution in [3.63, 3.8) is 0 Å². The Bertz CT molecular complexity index is 890. The Morgan fingerprint density at radius 2 is 1.46 bits per heavy atom. The molecule has 0 saturated heterocycles.